The third-order valence-electron chi connectivity index (χ3n) is 6.32. The van der Waals surface area contributed by atoms with Crippen molar-refractivity contribution in [3.8, 4) is 0 Å². The van der Waals surface area contributed by atoms with Crippen molar-refractivity contribution < 1.29 is 4.79 Å². The Morgan fingerprint density at radius 2 is 2.00 bits per heavy atom. The fourth-order valence-corrected chi connectivity index (χ4v) is 5.34. The molecule has 5 nitrogen and oxygen atoms in total. The Labute approximate surface area is 162 Å². The molecule has 1 amide bonds. The number of nitrogens with zero attached hydrogens (tertiary/aromatic N) is 2. The fraction of sp³-hybridized carbons (Fsp3) is 0.429. The van der Waals surface area contributed by atoms with Gasteiger partial charge in [0.15, 0.2) is 0 Å². The number of rotatable bonds is 1. The molecule has 1 aromatic carbocycles. The molecule has 140 valence electrons. The molecule has 27 heavy (non-hydrogen) atoms. The number of piperidine rings is 1. The van der Waals surface area contributed by atoms with E-state index in [0.717, 1.165) is 47.8 Å². The van der Waals surface area contributed by atoms with Crippen molar-refractivity contribution in [1.29, 1.82) is 0 Å². The first-order chi connectivity index (χ1) is 13.1. The monoisotopic (exact) mass is 383 g/mol. The van der Waals surface area contributed by atoms with Gasteiger partial charge >= 0.3 is 0 Å². The van der Waals surface area contributed by atoms with Gasteiger partial charge in [0.1, 0.15) is 6.04 Å². The maximum Gasteiger partial charge on any atom is 0.251 e. The quantitative estimate of drug-likeness (QED) is 0.822. The number of carbonyl (C=O) groups excluding carboxylic acids is 1. The number of aromatic nitrogens is 1. The summed E-state index contributed by atoms with van der Waals surface area (Å²) in [6.07, 6.45) is 1.72. The highest BCUT2D eigenvalue weighted by Gasteiger charge is 2.43. The highest BCUT2D eigenvalue weighted by Crippen LogP contribution is 2.40. The molecule has 3 aliphatic rings. The van der Waals surface area contributed by atoms with E-state index < -0.39 is 6.04 Å². The molecule has 1 aromatic heterocycles. The Hall–Kier alpha value is -2.11. The SMILES string of the molecule is O=C([C@H]1[C@@H]2CNC[C@@H](C2)c2cccc(=O)n21)N1CCc2c(Cl)cccc2C1. The Balaban J connectivity index is 1.52. The molecule has 2 bridgehead atoms. The van der Waals surface area contributed by atoms with E-state index in [9.17, 15) is 9.59 Å². The molecule has 0 aliphatic carbocycles. The molecular formula is C21H22ClN3O2. The van der Waals surface area contributed by atoms with Crippen LogP contribution in [0.25, 0.3) is 0 Å². The zero-order chi connectivity index (χ0) is 18.5. The minimum Gasteiger partial charge on any atom is -0.336 e. The van der Waals surface area contributed by atoms with Gasteiger partial charge in [-0.15, -0.1) is 0 Å². The molecule has 0 radical (unpaired) electrons. The molecule has 4 heterocycles. The minimum atomic E-state index is -0.418. The van der Waals surface area contributed by atoms with Crippen LogP contribution in [0.15, 0.2) is 41.2 Å². The van der Waals surface area contributed by atoms with Crippen molar-refractivity contribution in [3.63, 3.8) is 0 Å². The van der Waals surface area contributed by atoms with E-state index in [-0.39, 0.29) is 17.4 Å². The number of nitrogens with one attached hydrogen (secondary N) is 1. The van der Waals surface area contributed by atoms with Gasteiger partial charge in [-0.1, -0.05) is 29.8 Å². The van der Waals surface area contributed by atoms with Crippen LogP contribution in [0, 0.1) is 5.92 Å². The molecule has 3 atom stereocenters. The summed E-state index contributed by atoms with van der Waals surface area (Å²) in [5, 5.41) is 4.23. The number of fused-ring (bicyclic) bond motifs is 5. The standard InChI is InChI=1S/C21H22ClN3O2/c22-17-4-1-3-13-12-24(8-7-16(13)17)21(27)20-15-9-14(10-23-11-15)18-5-2-6-19(26)25(18)20/h1-6,14-15,20,23H,7-12H2/t14-,15+,20-/m1/s1. The van der Waals surface area contributed by atoms with Crippen LogP contribution in [0.5, 0.6) is 0 Å². The minimum absolute atomic E-state index is 0.0577. The molecule has 0 saturated carbocycles. The second-order valence-corrected chi connectivity index (χ2v) is 8.25. The number of benzene rings is 1. The lowest BCUT2D eigenvalue weighted by Crippen LogP contribution is -2.53. The van der Waals surface area contributed by atoms with Gasteiger partial charge in [0.25, 0.3) is 5.56 Å². The van der Waals surface area contributed by atoms with Gasteiger partial charge in [-0.05, 0) is 36.1 Å². The van der Waals surface area contributed by atoms with Crippen LogP contribution in [-0.2, 0) is 17.8 Å². The van der Waals surface area contributed by atoms with E-state index in [1.54, 1.807) is 10.6 Å². The zero-order valence-corrected chi connectivity index (χ0v) is 15.8. The second kappa shape index (κ2) is 6.50. The van der Waals surface area contributed by atoms with E-state index in [1.807, 2.05) is 35.2 Å². The Kier molecular flexibility index (Phi) is 4.10. The number of carbonyl (C=O) groups is 1. The highest BCUT2D eigenvalue weighted by atomic mass is 35.5. The van der Waals surface area contributed by atoms with Gasteiger partial charge in [0.05, 0.1) is 0 Å². The maximum absolute atomic E-state index is 13.6. The third-order valence-corrected chi connectivity index (χ3v) is 6.68. The number of hydrogen-bond donors (Lipinski definition) is 1. The molecule has 0 unspecified atom stereocenters. The molecule has 1 N–H and O–H groups in total. The molecule has 0 spiro atoms. The third kappa shape index (κ3) is 2.72. The normalized spacial score (nSPS) is 26.3. The predicted molar refractivity (Wildman–Crippen MR) is 104 cm³/mol. The van der Waals surface area contributed by atoms with E-state index in [2.05, 4.69) is 5.32 Å². The van der Waals surface area contributed by atoms with Crippen LogP contribution in [0.1, 0.15) is 35.2 Å². The van der Waals surface area contributed by atoms with Crippen LogP contribution >= 0.6 is 11.6 Å². The van der Waals surface area contributed by atoms with Gasteiger partial charge in [-0.2, -0.15) is 0 Å². The summed E-state index contributed by atoms with van der Waals surface area (Å²) in [4.78, 5) is 28.2. The number of pyridine rings is 1. The van der Waals surface area contributed by atoms with Crippen molar-refractivity contribution in [2.75, 3.05) is 19.6 Å². The van der Waals surface area contributed by atoms with Crippen molar-refractivity contribution in [3.05, 3.63) is 68.6 Å². The average molecular weight is 384 g/mol. The molecule has 6 heteroatoms. The topological polar surface area (TPSA) is 54.3 Å². The lowest BCUT2D eigenvalue weighted by Gasteiger charge is -2.44. The molecule has 1 fully saturated rings. The summed E-state index contributed by atoms with van der Waals surface area (Å²) in [5.74, 6) is 0.523. The molecule has 3 aliphatic heterocycles. The number of halogens is 1. The summed E-state index contributed by atoms with van der Waals surface area (Å²) in [5.41, 5.74) is 3.18. The Bertz CT molecular complexity index is 970. The molecular weight excluding hydrogens is 362 g/mol. The van der Waals surface area contributed by atoms with E-state index in [1.165, 1.54) is 0 Å². The van der Waals surface area contributed by atoms with Gasteiger partial charge in [-0.25, -0.2) is 0 Å². The summed E-state index contributed by atoms with van der Waals surface area (Å²) < 4.78 is 1.77. The number of hydrogen-bond acceptors (Lipinski definition) is 3. The predicted octanol–water partition coefficient (Wildman–Crippen LogP) is 2.33. The van der Waals surface area contributed by atoms with Crippen LogP contribution in [-0.4, -0.2) is 35.0 Å². The smallest absolute Gasteiger partial charge is 0.251 e. The number of amides is 1. The highest BCUT2D eigenvalue weighted by molar-refractivity contribution is 6.31. The van der Waals surface area contributed by atoms with Gasteiger partial charge in [0.2, 0.25) is 5.91 Å². The first kappa shape index (κ1) is 17.0. The van der Waals surface area contributed by atoms with Gasteiger partial charge < -0.3 is 10.2 Å². The lowest BCUT2D eigenvalue weighted by molar-refractivity contribution is -0.138. The summed E-state index contributed by atoms with van der Waals surface area (Å²) in [7, 11) is 0. The lowest BCUT2D eigenvalue weighted by atomic mass is 9.78. The maximum atomic E-state index is 13.6. The van der Waals surface area contributed by atoms with Gasteiger partial charge in [-0.3, -0.25) is 14.2 Å². The molecule has 5 rings (SSSR count). The summed E-state index contributed by atoms with van der Waals surface area (Å²) >= 11 is 6.32. The Morgan fingerprint density at radius 1 is 1.15 bits per heavy atom. The van der Waals surface area contributed by atoms with Crippen molar-refractivity contribution in [2.45, 2.75) is 31.3 Å². The zero-order valence-electron chi connectivity index (χ0n) is 15.0. The van der Waals surface area contributed by atoms with E-state index >= 15 is 0 Å². The van der Waals surface area contributed by atoms with E-state index in [4.69, 9.17) is 11.6 Å². The molecule has 1 saturated heterocycles. The first-order valence-corrected chi connectivity index (χ1v) is 9.98. The van der Waals surface area contributed by atoms with Gasteiger partial charge in [0, 0.05) is 54.8 Å². The second-order valence-electron chi connectivity index (χ2n) is 7.84. The summed E-state index contributed by atoms with van der Waals surface area (Å²) in [6, 6.07) is 10.8. The van der Waals surface area contributed by atoms with Crippen molar-refractivity contribution >= 4 is 17.5 Å². The largest absolute Gasteiger partial charge is 0.336 e. The fourth-order valence-electron chi connectivity index (χ4n) is 5.05. The van der Waals surface area contributed by atoms with Crippen molar-refractivity contribution in [1.82, 2.24) is 14.8 Å². The van der Waals surface area contributed by atoms with Crippen LogP contribution < -0.4 is 10.9 Å². The van der Waals surface area contributed by atoms with Crippen LogP contribution in [0.3, 0.4) is 0 Å². The molecule has 2 aromatic rings. The van der Waals surface area contributed by atoms with Crippen LogP contribution in [0.2, 0.25) is 5.02 Å². The summed E-state index contributed by atoms with van der Waals surface area (Å²) in [6.45, 7) is 2.86. The average Bonchev–Trinajstić information content (AvgIpc) is 2.69. The first-order valence-electron chi connectivity index (χ1n) is 9.60. The van der Waals surface area contributed by atoms with E-state index in [0.29, 0.717) is 19.0 Å². The van der Waals surface area contributed by atoms with Crippen molar-refractivity contribution in [2.24, 2.45) is 5.92 Å². The Morgan fingerprint density at radius 3 is 2.89 bits per heavy atom. The van der Waals surface area contributed by atoms with Crippen LogP contribution in [0.4, 0.5) is 0 Å².